The van der Waals surface area contributed by atoms with Crippen LogP contribution in [0.15, 0.2) is 54.6 Å². The van der Waals surface area contributed by atoms with Crippen LogP contribution in [0, 0.1) is 0 Å². The van der Waals surface area contributed by atoms with Gasteiger partial charge in [0.05, 0.1) is 0 Å². The molecule has 3 heteroatoms. The molecule has 0 aromatic heterocycles. The molecule has 1 saturated carbocycles. The van der Waals surface area contributed by atoms with Crippen molar-refractivity contribution in [3.05, 3.63) is 65.7 Å². The van der Waals surface area contributed by atoms with E-state index in [0.717, 1.165) is 43.5 Å². The van der Waals surface area contributed by atoms with Crippen molar-refractivity contribution in [2.45, 2.75) is 51.0 Å². The van der Waals surface area contributed by atoms with Gasteiger partial charge in [0, 0.05) is 24.7 Å². The molecule has 0 unspecified atom stereocenters. The molecule has 25 heavy (non-hydrogen) atoms. The molecule has 0 bridgehead atoms. The summed E-state index contributed by atoms with van der Waals surface area (Å²) in [5.74, 6) is 0.270. The smallest absolute Gasteiger partial charge is 0.223 e. The van der Waals surface area contributed by atoms with E-state index in [1.54, 1.807) is 0 Å². The summed E-state index contributed by atoms with van der Waals surface area (Å²) in [5.41, 5.74) is 9.17. The van der Waals surface area contributed by atoms with Gasteiger partial charge in [-0.3, -0.25) is 4.79 Å². The molecule has 0 spiro atoms. The first kappa shape index (κ1) is 17.5. The normalized spacial score (nSPS) is 14.6. The second-order valence-electron chi connectivity index (χ2n) is 6.96. The number of nitrogen functional groups attached to an aromatic ring is 1. The highest BCUT2D eigenvalue weighted by molar-refractivity contribution is 5.77. The lowest BCUT2D eigenvalue weighted by Gasteiger charge is -2.29. The number of rotatable bonds is 7. The highest BCUT2D eigenvalue weighted by Gasteiger charge is 2.26. The van der Waals surface area contributed by atoms with Crippen LogP contribution in [0.3, 0.4) is 0 Å². The third-order valence-electron chi connectivity index (χ3n) is 5.23. The molecule has 1 amide bonds. The molecule has 2 aromatic rings. The van der Waals surface area contributed by atoms with Crippen molar-refractivity contribution in [3.8, 4) is 0 Å². The molecule has 0 radical (unpaired) electrons. The summed E-state index contributed by atoms with van der Waals surface area (Å²) in [6.07, 6.45) is 6.97. The topological polar surface area (TPSA) is 46.3 Å². The maximum absolute atomic E-state index is 12.9. The van der Waals surface area contributed by atoms with Crippen LogP contribution < -0.4 is 5.73 Å². The van der Waals surface area contributed by atoms with Gasteiger partial charge in [0.1, 0.15) is 0 Å². The first-order valence-corrected chi connectivity index (χ1v) is 9.41. The summed E-state index contributed by atoms with van der Waals surface area (Å²) < 4.78 is 0. The predicted octanol–water partition coefficient (Wildman–Crippen LogP) is 4.22. The average molecular weight is 336 g/mol. The Morgan fingerprint density at radius 2 is 1.64 bits per heavy atom. The molecule has 1 aliphatic rings. The highest BCUT2D eigenvalue weighted by Crippen LogP contribution is 2.25. The number of amides is 1. The van der Waals surface area contributed by atoms with E-state index in [9.17, 15) is 4.79 Å². The van der Waals surface area contributed by atoms with E-state index in [-0.39, 0.29) is 5.91 Å². The summed E-state index contributed by atoms with van der Waals surface area (Å²) in [4.78, 5) is 15.1. The van der Waals surface area contributed by atoms with Gasteiger partial charge in [0.15, 0.2) is 0 Å². The van der Waals surface area contributed by atoms with E-state index in [0.29, 0.717) is 12.5 Å². The third-order valence-corrected chi connectivity index (χ3v) is 5.23. The van der Waals surface area contributed by atoms with Crippen molar-refractivity contribution in [3.63, 3.8) is 0 Å². The maximum atomic E-state index is 12.9. The zero-order valence-electron chi connectivity index (χ0n) is 14.9. The number of aryl methyl sites for hydroxylation is 1. The van der Waals surface area contributed by atoms with E-state index in [1.165, 1.54) is 18.4 Å². The lowest BCUT2D eigenvalue weighted by atomic mass is 10.1. The Morgan fingerprint density at radius 1 is 0.960 bits per heavy atom. The van der Waals surface area contributed by atoms with Gasteiger partial charge in [0.25, 0.3) is 0 Å². The number of carbonyl (C=O) groups is 1. The molecule has 3 nitrogen and oxygen atoms in total. The second-order valence-corrected chi connectivity index (χ2v) is 6.96. The number of nitrogens with two attached hydrogens (primary N) is 1. The fourth-order valence-electron chi connectivity index (χ4n) is 3.77. The fraction of sp³-hybridized carbons (Fsp3) is 0.409. The number of hydrogen-bond donors (Lipinski definition) is 1. The van der Waals surface area contributed by atoms with Gasteiger partial charge < -0.3 is 10.6 Å². The fourth-order valence-corrected chi connectivity index (χ4v) is 3.77. The Kier molecular flexibility index (Phi) is 6.10. The van der Waals surface area contributed by atoms with Crippen molar-refractivity contribution in [2.24, 2.45) is 0 Å². The number of benzene rings is 2. The van der Waals surface area contributed by atoms with Crippen molar-refractivity contribution in [1.29, 1.82) is 0 Å². The van der Waals surface area contributed by atoms with Crippen LogP contribution in [0.1, 0.15) is 43.2 Å². The summed E-state index contributed by atoms with van der Waals surface area (Å²) in [6.45, 7) is 0.817. The molecule has 1 aliphatic carbocycles. The summed E-state index contributed by atoms with van der Waals surface area (Å²) >= 11 is 0. The minimum absolute atomic E-state index is 0.270. The largest absolute Gasteiger partial charge is 0.399 e. The van der Waals surface area contributed by atoms with Gasteiger partial charge in [-0.25, -0.2) is 0 Å². The molecule has 2 aromatic carbocycles. The van der Waals surface area contributed by atoms with Crippen LogP contribution in [0.5, 0.6) is 0 Å². The van der Waals surface area contributed by atoms with E-state index < -0.39 is 0 Å². The lowest BCUT2D eigenvalue weighted by molar-refractivity contribution is -0.133. The molecule has 0 heterocycles. The molecule has 0 aliphatic heterocycles. The van der Waals surface area contributed by atoms with Gasteiger partial charge in [-0.15, -0.1) is 0 Å². The minimum Gasteiger partial charge on any atom is -0.399 e. The third kappa shape index (κ3) is 4.85. The predicted molar refractivity (Wildman–Crippen MR) is 103 cm³/mol. The van der Waals surface area contributed by atoms with Crippen LogP contribution in [0.25, 0.3) is 0 Å². The van der Waals surface area contributed by atoms with Crippen LogP contribution in [-0.4, -0.2) is 23.4 Å². The molecule has 3 rings (SSSR count). The van der Waals surface area contributed by atoms with Gasteiger partial charge >= 0.3 is 0 Å². The molecular formula is C22H28N2O. The molecule has 0 saturated heterocycles. The SMILES string of the molecule is Nc1ccccc1CCC(=O)N(CCc1ccccc1)C1CCCC1. The van der Waals surface area contributed by atoms with E-state index in [2.05, 4.69) is 29.2 Å². The van der Waals surface area contributed by atoms with Gasteiger partial charge in [0.2, 0.25) is 5.91 Å². The number of hydrogen-bond acceptors (Lipinski definition) is 2. The number of carbonyl (C=O) groups excluding carboxylic acids is 1. The number of anilines is 1. The quantitative estimate of drug-likeness (QED) is 0.770. The zero-order chi connectivity index (χ0) is 17.5. The standard InChI is InChI=1S/C22H28N2O/c23-21-13-7-4-10-19(21)14-15-22(25)24(20-11-5-6-12-20)17-16-18-8-2-1-3-9-18/h1-4,7-10,13,20H,5-6,11-12,14-17,23H2. The lowest BCUT2D eigenvalue weighted by Crippen LogP contribution is -2.40. The zero-order valence-corrected chi connectivity index (χ0v) is 14.9. The Labute approximate surface area is 150 Å². The van der Waals surface area contributed by atoms with E-state index >= 15 is 0 Å². The number of nitrogens with zero attached hydrogens (tertiary/aromatic N) is 1. The molecule has 2 N–H and O–H groups in total. The Hall–Kier alpha value is -2.29. The maximum Gasteiger partial charge on any atom is 0.223 e. The minimum atomic E-state index is 0.270. The van der Waals surface area contributed by atoms with Crippen LogP contribution in [0.2, 0.25) is 0 Å². The van der Waals surface area contributed by atoms with Crippen molar-refractivity contribution >= 4 is 11.6 Å². The van der Waals surface area contributed by atoms with Crippen LogP contribution >= 0.6 is 0 Å². The van der Waals surface area contributed by atoms with Gasteiger partial charge in [-0.2, -0.15) is 0 Å². The molecule has 1 fully saturated rings. The summed E-state index contributed by atoms with van der Waals surface area (Å²) in [5, 5.41) is 0. The van der Waals surface area contributed by atoms with Crippen molar-refractivity contribution in [1.82, 2.24) is 4.90 Å². The van der Waals surface area contributed by atoms with Crippen molar-refractivity contribution < 1.29 is 4.79 Å². The van der Waals surface area contributed by atoms with E-state index in [4.69, 9.17) is 5.73 Å². The Morgan fingerprint density at radius 3 is 2.36 bits per heavy atom. The second kappa shape index (κ2) is 8.70. The Balaban J connectivity index is 1.61. The molecule has 132 valence electrons. The first-order chi connectivity index (χ1) is 12.2. The van der Waals surface area contributed by atoms with Crippen LogP contribution in [-0.2, 0) is 17.6 Å². The van der Waals surface area contributed by atoms with Crippen LogP contribution in [0.4, 0.5) is 5.69 Å². The molecular weight excluding hydrogens is 308 g/mol. The summed E-state index contributed by atoms with van der Waals surface area (Å²) in [7, 11) is 0. The van der Waals surface area contributed by atoms with E-state index in [1.807, 2.05) is 30.3 Å². The Bertz CT molecular complexity index is 677. The molecule has 0 atom stereocenters. The highest BCUT2D eigenvalue weighted by atomic mass is 16.2. The summed E-state index contributed by atoms with van der Waals surface area (Å²) in [6, 6.07) is 18.7. The van der Waals surface area contributed by atoms with Crippen molar-refractivity contribution in [2.75, 3.05) is 12.3 Å². The van der Waals surface area contributed by atoms with Gasteiger partial charge in [-0.1, -0.05) is 61.4 Å². The van der Waals surface area contributed by atoms with Gasteiger partial charge in [-0.05, 0) is 42.9 Å². The average Bonchev–Trinajstić information content (AvgIpc) is 3.16. The first-order valence-electron chi connectivity index (χ1n) is 9.41. The number of para-hydroxylation sites is 1. The monoisotopic (exact) mass is 336 g/mol.